The number of hydrogen-bond donors (Lipinski definition) is 2. The first-order chi connectivity index (χ1) is 7.65. The van der Waals surface area contributed by atoms with E-state index in [0.29, 0.717) is 12.0 Å². The smallest absolute Gasteiger partial charge is 0.223 e. The molecule has 0 saturated heterocycles. The van der Waals surface area contributed by atoms with Crippen molar-refractivity contribution in [2.45, 2.75) is 51.5 Å². The van der Waals surface area contributed by atoms with Crippen molar-refractivity contribution in [1.29, 1.82) is 0 Å². The summed E-state index contributed by atoms with van der Waals surface area (Å²) in [6, 6.07) is 0.387. The summed E-state index contributed by atoms with van der Waals surface area (Å²) in [7, 11) is 0. The van der Waals surface area contributed by atoms with Gasteiger partial charge < -0.3 is 11.1 Å². The number of amides is 1. The second-order valence-corrected chi connectivity index (χ2v) is 5.80. The second kappa shape index (κ2) is 5.17. The molecule has 16 heavy (non-hydrogen) atoms. The minimum absolute atomic E-state index is 0.282. The van der Waals surface area contributed by atoms with Gasteiger partial charge in [-0.05, 0) is 50.4 Å². The van der Waals surface area contributed by atoms with Crippen LogP contribution < -0.4 is 11.1 Å². The van der Waals surface area contributed by atoms with E-state index >= 15 is 0 Å². The van der Waals surface area contributed by atoms with E-state index in [0.717, 1.165) is 38.1 Å². The lowest BCUT2D eigenvalue weighted by atomic mass is 9.80. The van der Waals surface area contributed by atoms with Crippen molar-refractivity contribution in [3.8, 4) is 0 Å². The van der Waals surface area contributed by atoms with Gasteiger partial charge in [0.25, 0.3) is 0 Å². The van der Waals surface area contributed by atoms with E-state index in [2.05, 4.69) is 12.2 Å². The molecule has 1 amide bonds. The van der Waals surface area contributed by atoms with Crippen molar-refractivity contribution >= 4 is 5.91 Å². The second-order valence-electron chi connectivity index (χ2n) is 5.80. The summed E-state index contributed by atoms with van der Waals surface area (Å²) in [4.78, 5) is 11.9. The highest BCUT2D eigenvalue weighted by atomic mass is 16.1. The van der Waals surface area contributed by atoms with Crippen LogP contribution in [0.1, 0.15) is 45.4 Å². The van der Waals surface area contributed by atoms with Crippen LogP contribution in [-0.4, -0.2) is 18.5 Å². The monoisotopic (exact) mass is 224 g/mol. The van der Waals surface area contributed by atoms with Crippen LogP contribution in [0.4, 0.5) is 0 Å². The minimum atomic E-state index is 0.282. The van der Waals surface area contributed by atoms with Crippen molar-refractivity contribution in [3.63, 3.8) is 0 Å². The third-order valence-electron chi connectivity index (χ3n) is 4.22. The molecule has 0 bridgehead atoms. The molecule has 0 unspecified atom stereocenters. The van der Waals surface area contributed by atoms with Crippen LogP contribution in [0.15, 0.2) is 0 Å². The Labute approximate surface area is 98.2 Å². The van der Waals surface area contributed by atoms with Crippen LogP contribution in [0.3, 0.4) is 0 Å². The Balaban J connectivity index is 1.64. The first-order valence-electron chi connectivity index (χ1n) is 6.68. The Morgan fingerprint density at radius 2 is 1.88 bits per heavy atom. The summed E-state index contributed by atoms with van der Waals surface area (Å²) < 4.78 is 0. The van der Waals surface area contributed by atoms with Gasteiger partial charge in [-0.15, -0.1) is 0 Å². The number of carbonyl (C=O) groups excluding carboxylic acids is 1. The number of hydrogen-bond acceptors (Lipinski definition) is 2. The van der Waals surface area contributed by atoms with Crippen molar-refractivity contribution in [1.82, 2.24) is 5.32 Å². The molecule has 92 valence electrons. The van der Waals surface area contributed by atoms with Gasteiger partial charge in [0.15, 0.2) is 0 Å². The van der Waals surface area contributed by atoms with Gasteiger partial charge in [0.2, 0.25) is 5.91 Å². The molecule has 0 aromatic carbocycles. The van der Waals surface area contributed by atoms with Gasteiger partial charge in [-0.1, -0.05) is 6.92 Å². The molecular formula is C13H24N2O. The molecule has 2 saturated carbocycles. The Morgan fingerprint density at radius 1 is 1.25 bits per heavy atom. The van der Waals surface area contributed by atoms with Crippen LogP contribution in [0.25, 0.3) is 0 Å². The fraction of sp³-hybridized carbons (Fsp3) is 0.923. The first kappa shape index (κ1) is 11.9. The zero-order valence-electron chi connectivity index (χ0n) is 10.2. The first-order valence-corrected chi connectivity index (χ1v) is 6.68. The van der Waals surface area contributed by atoms with Crippen LogP contribution in [0.5, 0.6) is 0 Å². The molecule has 3 nitrogen and oxygen atoms in total. The van der Waals surface area contributed by atoms with Gasteiger partial charge in [0.05, 0.1) is 0 Å². The molecule has 3 heteroatoms. The highest BCUT2D eigenvalue weighted by Gasteiger charge is 2.28. The molecule has 0 aromatic rings. The van der Waals surface area contributed by atoms with Crippen molar-refractivity contribution in [3.05, 3.63) is 0 Å². The highest BCUT2D eigenvalue weighted by Crippen LogP contribution is 2.29. The standard InChI is InChI=1S/C13H24N2O/c1-9-2-4-11(5-3-9)13(16)15-8-10-6-12(14)7-10/h9-12H,2-8,14H2,1H3,(H,15,16). The lowest BCUT2D eigenvalue weighted by Gasteiger charge is -2.33. The van der Waals surface area contributed by atoms with Gasteiger partial charge in [0.1, 0.15) is 0 Å². The molecule has 2 aliphatic rings. The fourth-order valence-electron chi connectivity index (χ4n) is 2.87. The molecule has 2 rings (SSSR count). The Morgan fingerprint density at radius 3 is 2.44 bits per heavy atom. The maximum absolute atomic E-state index is 11.9. The van der Waals surface area contributed by atoms with E-state index in [1.165, 1.54) is 12.8 Å². The Kier molecular flexibility index (Phi) is 3.85. The van der Waals surface area contributed by atoms with E-state index in [9.17, 15) is 4.79 Å². The molecule has 0 aromatic heterocycles. The van der Waals surface area contributed by atoms with E-state index < -0.39 is 0 Å². The number of carbonyl (C=O) groups is 1. The molecule has 0 radical (unpaired) electrons. The topological polar surface area (TPSA) is 55.1 Å². The zero-order valence-corrected chi connectivity index (χ0v) is 10.2. The van der Waals surface area contributed by atoms with Gasteiger partial charge in [-0.25, -0.2) is 0 Å². The summed E-state index contributed by atoms with van der Waals surface area (Å²) in [5, 5.41) is 3.10. The summed E-state index contributed by atoms with van der Waals surface area (Å²) >= 11 is 0. The summed E-state index contributed by atoms with van der Waals surface area (Å²) in [6.07, 6.45) is 6.76. The lowest BCUT2D eigenvalue weighted by Crippen LogP contribution is -2.44. The average molecular weight is 224 g/mol. The number of nitrogens with one attached hydrogen (secondary N) is 1. The third kappa shape index (κ3) is 2.97. The summed E-state index contributed by atoms with van der Waals surface area (Å²) in [6.45, 7) is 3.13. The average Bonchev–Trinajstić information content (AvgIpc) is 2.23. The van der Waals surface area contributed by atoms with E-state index in [4.69, 9.17) is 5.73 Å². The van der Waals surface area contributed by atoms with Crippen LogP contribution in [-0.2, 0) is 4.79 Å². The molecule has 0 aliphatic heterocycles. The van der Waals surface area contributed by atoms with E-state index in [1.54, 1.807) is 0 Å². The molecule has 0 heterocycles. The molecular weight excluding hydrogens is 200 g/mol. The van der Waals surface area contributed by atoms with Gasteiger partial charge in [-0.2, -0.15) is 0 Å². The fourth-order valence-corrected chi connectivity index (χ4v) is 2.87. The Bertz CT molecular complexity index is 240. The predicted octanol–water partition coefficient (Wildman–Crippen LogP) is 1.67. The van der Waals surface area contributed by atoms with Crippen LogP contribution >= 0.6 is 0 Å². The van der Waals surface area contributed by atoms with Crippen LogP contribution in [0, 0.1) is 17.8 Å². The zero-order chi connectivity index (χ0) is 11.5. The summed E-state index contributed by atoms with van der Waals surface area (Å²) in [5.74, 6) is 2.02. The normalized spacial score (nSPS) is 38.9. The SMILES string of the molecule is CC1CCC(C(=O)NCC2CC(N)C2)CC1. The van der Waals surface area contributed by atoms with Gasteiger partial charge >= 0.3 is 0 Å². The largest absolute Gasteiger partial charge is 0.356 e. The van der Waals surface area contributed by atoms with E-state index in [-0.39, 0.29) is 11.8 Å². The van der Waals surface area contributed by atoms with Crippen molar-refractivity contribution < 1.29 is 4.79 Å². The molecule has 0 atom stereocenters. The van der Waals surface area contributed by atoms with Crippen molar-refractivity contribution in [2.24, 2.45) is 23.5 Å². The lowest BCUT2D eigenvalue weighted by molar-refractivity contribution is -0.126. The van der Waals surface area contributed by atoms with Gasteiger partial charge in [0, 0.05) is 18.5 Å². The minimum Gasteiger partial charge on any atom is -0.356 e. The number of nitrogens with two attached hydrogens (primary N) is 1. The molecule has 2 fully saturated rings. The van der Waals surface area contributed by atoms with Crippen molar-refractivity contribution in [2.75, 3.05) is 6.54 Å². The third-order valence-corrected chi connectivity index (χ3v) is 4.22. The summed E-state index contributed by atoms with van der Waals surface area (Å²) in [5.41, 5.74) is 5.72. The molecule has 0 spiro atoms. The molecule has 3 N–H and O–H groups in total. The maximum Gasteiger partial charge on any atom is 0.223 e. The Hall–Kier alpha value is -0.570. The molecule has 2 aliphatic carbocycles. The van der Waals surface area contributed by atoms with Crippen LogP contribution in [0.2, 0.25) is 0 Å². The quantitative estimate of drug-likeness (QED) is 0.766. The predicted molar refractivity (Wildman–Crippen MR) is 64.8 cm³/mol. The van der Waals surface area contributed by atoms with E-state index in [1.807, 2.05) is 0 Å². The number of rotatable bonds is 3. The van der Waals surface area contributed by atoms with Gasteiger partial charge in [-0.3, -0.25) is 4.79 Å². The highest BCUT2D eigenvalue weighted by molar-refractivity contribution is 5.78. The maximum atomic E-state index is 11.9.